The first-order chi connectivity index (χ1) is 7.19. The van der Waals surface area contributed by atoms with Crippen LogP contribution in [0.2, 0.25) is 0 Å². The third-order valence-corrected chi connectivity index (χ3v) is 2.25. The fourth-order valence-corrected chi connectivity index (χ4v) is 1.38. The zero-order valence-corrected chi connectivity index (χ0v) is 9.49. The summed E-state index contributed by atoms with van der Waals surface area (Å²) in [6, 6.07) is 5.63. The van der Waals surface area contributed by atoms with Crippen LogP contribution in [0.4, 0.5) is 0 Å². The fourth-order valence-electron chi connectivity index (χ4n) is 1.38. The van der Waals surface area contributed by atoms with Gasteiger partial charge >= 0.3 is 0 Å². The molecule has 3 nitrogen and oxygen atoms in total. The molecule has 0 aliphatic rings. The lowest BCUT2D eigenvalue weighted by Gasteiger charge is -2.12. The molecule has 1 aromatic rings. The number of benzene rings is 1. The second-order valence-corrected chi connectivity index (χ2v) is 3.38. The van der Waals surface area contributed by atoms with Crippen molar-refractivity contribution in [3.63, 3.8) is 0 Å². The minimum atomic E-state index is -0.462. The van der Waals surface area contributed by atoms with Crippen LogP contribution in [0.1, 0.15) is 31.1 Å². The average molecular weight is 210 g/mol. The van der Waals surface area contributed by atoms with E-state index >= 15 is 0 Å². The first-order valence-electron chi connectivity index (χ1n) is 5.11. The lowest BCUT2D eigenvalue weighted by molar-refractivity contribution is 0.131. The molecular weight excluding hydrogens is 192 g/mol. The second-order valence-electron chi connectivity index (χ2n) is 3.38. The molecule has 0 radical (unpaired) electrons. The number of hydrogen-bond donors (Lipinski definition) is 1. The Labute approximate surface area is 90.6 Å². The number of rotatable bonds is 5. The van der Waals surface area contributed by atoms with Crippen molar-refractivity contribution in [3.05, 3.63) is 29.3 Å². The third-order valence-electron chi connectivity index (χ3n) is 2.25. The summed E-state index contributed by atoms with van der Waals surface area (Å²) in [6.45, 7) is 4.87. The molecule has 3 heteroatoms. The molecule has 0 saturated heterocycles. The van der Waals surface area contributed by atoms with Crippen molar-refractivity contribution in [1.29, 1.82) is 0 Å². The summed E-state index contributed by atoms with van der Waals surface area (Å²) in [5, 5.41) is 9.46. The Bertz CT molecular complexity index is 308. The summed E-state index contributed by atoms with van der Waals surface area (Å²) in [5.41, 5.74) is 1.85. The highest BCUT2D eigenvalue weighted by Crippen LogP contribution is 2.23. The quantitative estimate of drug-likeness (QED) is 0.810. The van der Waals surface area contributed by atoms with Crippen LogP contribution in [-0.4, -0.2) is 18.8 Å². The molecule has 0 aliphatic carbocycles. The minimum absolute atomic E-state index is 0.462. The van der Waals surface area contributed by atoms with E-state index in [9.17, 15) is 5.11 Å². The Balaban J connectivity index is 2.91. The maximum atomic E-state index is 9.46. The number of aliphatic hydroxyl groups excluding tert-OH is 1. The number of ether oxygens (including phenoxy) is 2. The molecule has 1 N–H and O–H groups in total. The summed E-state index contributed by atoms with van der Waals surface area (Å²) in [7, 11) is 1.63. The lowest BCUT2D eigenvalue weighted by atomic mass is 10.1. The van der Waals surface area contributed by atoms with Crippen LogP contribution in [0.5, 0.6) is 5.75 Å². The van der Waals surface area contributed by atoms with Gasteiger partial charge in [-0.2, -0.15) is 0 Å². The van der Waals surface area contributed by atoms with Gasteiger partial charge in [0.25, 0.3) is 0 Å². The lowest BCUT2D eigenvalue weighted by Crippen LogP contribution is -1.99. The van der Waals surface area contributed by atoms with Gasteiger partial charge in [0.2, 0.25) is 0 Å². The fraction of sp³-hybridized carbons (Fsp3) is 0.500. The number of hydrogen-bond acceptors (Lipinski definition) is 3. The first kappa shape index (κ1) is 12.0. The highest BCUT2D eigenvalue weighted by atomic mass is 16.5. The van der Waals surface area contributed by atoms with E-state index in [2.05, 4.69) is 0 Å². The van der Waals surface area contributed by atoms with E-state index in [1.54, 1.807) is 14.0 Å². The first-order valence-corrected chi connectivity index (χ1v) is 5.11. The van der Waals surface area contributed by atoms with E-state index in [-0.39, 0.29) is 0 Å². The molecule has 0 aliphatic heterocycles. The molecule has 0 fully saturated rings. The van der Waals surface area contributed by atoms with Crippen LogP contribution in [0.3, 0.4) is 0 Å². The SMILES string of the molecule is CCOCc1cc(C(C)O)ccc1OC. The Morgan fingerprint density at radius 2 is 2.13 bits per heavy atom. The Hall–Kier alpha value is -1.06. The van der Waals surface area contributed by atoms with E-state index in [0.717, 1.165) is 16.9 Å². The van der Waals surface area contributed by atoms with Crippen molar-refractivity contribution in [1.82, 2.24) is 0 Å². The van der Waals surface area contributed by atoms with Gasteiger partial charge in [0.05, 0.1) is 19.8 Å². The van der Waals surface area contributed by atoms with Crippen LogP contribution in [0.25, 0.3) is 0 Å². The monoisotopic (exact) mass is 210 g/mol. The summed E-state index contributed by atoms with van der Waals surface area (Å²) >= 11 is 0. The van der Waals surface area contributed by atoms with Crippen LogP contribution in [-0.2, 0) is 11.3 Å². The maximum Gasteiger partial charge on any atom is 0.124 e. The number of methoxy groups -OCH3 is 1. The average Bonchev–Trinajstić information content (AvgIpc) is 2.25. The van der Waals surface area contributed by atoms with Gasteiger partial charge in [-0.15, -0.1) is 0 Å². The van der Waals surface area contributed by atoms with Crippen molar-refractivity contribution < 1.29 is 14.6 Å². The standard InChI is InChI=1S/C12H18O3/c1-4-15-8-11-7-10(9(2)13)5-6-12(11)14-3/h5-7,9,13H,4,8H2,1-3H3. The zero-order valence-electron chi connectivity index (χ0n) is 9.49. The van der Waals surface area contributed by atoms with Crippen LogP contribution in [0, 0.1) is 0 Å². The molecule has 0 saturated carbocycles. The number of aliphatic hydroxyl groups is 1. The highest BCUT2D eigenvalue weighted by molar-refractivity contribution is 5.37. The van der Waals surface area contributed by atoms with Crippen LogP contribution < -0.4 is 4.74 Å². The molecular formula is C12H18O3. The zero-order chi connectivity index (χ0) is 11.3. The summed E-state index contributed by atoms with van der Waals surface area (Å²) in [4.78, 5) is 0. The smallest absolute Gasteiger partial charge is 0.124 e. The maximum absolute atomic E-state index is 9.46. The normalized spacial score (nSPS) is 12.5. The van der Waals surface area contributed by atoms with Gasteiger partial charge in [0.1, 0.15) is 5.75 Å². The van der Waals surface area contributed by atoms with E-state index < -0.39 is 6.10 Å². The van der Waals surface area contributed by atoms with E-state index in [0.29, 0.717) is 13.2 Å². The summed E-state index contributed by atoms with van der Waals surface area (Å²) in [6.07, 6.45) is -0.462. The van der Waals surface area contributed by atoms with Crippen molar-refractivity contribution in [3.8, 4) is 5.75 Å². The topological polar surface area (TPSA) is 38.7 Å². The van der Waals surface area contributed by atoms with E-state index in [1.807, 2.05) is 25.1 Å². The molecule has 1 rings (SSSR count). The summed E-state index contributed by atoms with van der Waals surface area (Å²) in [5.74, 6) is 0.799. The molecule has 0 amide bonds. The molecule has 1 unspecified atom stereocenters. The minimum Gasteiger partial charge on any atom is -0.496 e. The Kier molecular flexibility index (Phi) is 4.59. The van der Waals surface area contributed by atoms with Gasteiger partial charge < -0.3 is 14.6 Å². The Morgan fingerprint density at radius 1 is 1.40 bits per heavy atom. The van der Waals surface area contributed by atoms with Crippen molar-refractivity contribution in [2.75, 3.05) is 13.7 Å². The van der Waals surface area contributed by atoms with Gasteiger partial charge in [0.15, 0.2) is 0 Å². The molecule has 0 heterocycles. The van der Waals surface area contributed by atoms with Gasteiger partial charge in [-0.1, -0.05) is 6.07 Å². The van der Waals surface area contributed by atoms with Gasteiger partial charge in [-0.3, -0.25) is 0 Å². The molecule has 1 atom stereocenters. The predicted octanol–water partition coefficient (Wildman–Crippen LogP) is 2.29. The molecule has 15 heavy (non-hydrogen) atoms. The third kappa shape index (κ3) is 3.22. The molecule has 0 spiro atoms. The van der Waals surface area contributed by atoms with Crippen LogP contribution >= 0.6 is 0 Å². The highest BCUT2D eigenvalue weighted by Gasteiger charge is 2.07. The second kappa shape index (κ2) is 5.73. The molecule has 0 bridgehead atoms. The van der Waals surface area contributed by atoms with Gasteiger partial charge in [0, 0.05) is 12.2 Å². The summed E-state index contributed by atoms with van der Waals surface area (Å²) < 4.78 is 10.6. The van der Waals surface area contributed by atoms with Crippen molar-refractivity contribution in [2.45, 2.75) is 26.6 Å². The largest absolute Gasteiger partial charge is 0.496 e. The molecule has 84 valence electrons. The molecule has 1 aromatic carbocycles. The van der Waals surface area contributed by atoms with Gasteiger partial charge in [-0.05, 0) is 31.5 Å². The Morgan fingerprint density at radius 3 is 2.67 bits per heavy atom. The van der Waals surface area contributed by atoms with E-state index in [4.69, 9.17) is 9.47 Å². The van der Waals surface area contributed by atoms with E-state index in [1.165, 1.54) is 0 Å². The molecule has 0 aromatic heterocycles. The van der Waals surface area contributed by atoms with Crippen molar-refractivity contribution >= 4 is 0 Å². The predicted molar refractivity (Wildman–Crippen MR) is 59.0 cm³/mol. The van der Waals surface area contributed by atoms with Crippen molar-refractivity contribution in [2.24, 2.45) is 0 Å². The van der Waals surface area contributed by atoms with Crippen LogP contribution in [0.15, 0.2) is 18.2 Å². The van der Waals surface area contributed by atoms with Gasteiger partial charge in [-0.25, -0.2) is 0 Å².